The molecule has 1 atom stereocenters. The van der Waals surface area contributed by atoms with Crippen LogP contribution in [0.2, 0.25) is 0 Å². The summed E-state index contributed by atoms with van der Waals surface area (Å²) in [7, 11) is 0. The van der Waals surface area contributed by atoms with E-state index in [1.807, 2.05) is 0 Å². The lowest BCUT2D eigenvalue weighted by atomic mass is 10.1. The third kappa shape index (κ3) is 3.36. The van der Waals surface area contributed by atoms with Crippen molar-refractivity contribution in [3.63, 3.8) is 0 Å². The standard InChI is InChI=1S/C13H17N3O3/c14-7-10-4-5-15(8-10)9-13(17)11-2-1-3-12(6-11)16(18)19/h1-3,6,10H,4-5,7-9,14H2. The summed E-state index contributed by atoms with van der Waals surface area (Å²) < 4.78 is 0. The maximum absolute atomic E-state index is 12.1. The number of nitro benzene ring substituents is 1. The maximum Gasteiger partial charge on any atom is 0.270 e. The summed E-state index contributed by atoms with van der Waals surface area (Å²) in [5.41, 5.74) is 5.95. The highest BCUT2D eigenvalue weighted by atomic mass is 16.6. The monoisotopic (exact) mass is 263 g/mol. The van der Waals surface area contributed by atoms with E-state index in [9.17, 15) is 14.9 Å². The molecule has 6 heteroatoms. The van der Waals surface area contributed by atoms with Crippen LogP contribution in [0.1, 0.15) is 16.8 Å². The Bertz CT molecular complexity index is 490. The average molecular weight is 263 g/mol. The lowest BCUT2D eigenvalue weighted by Gasteiger charge is -2.14. The topological polar surface area (TPSA) is 89.5 Å². The number of nitro groups is 1. The number of hydrogen-bond donors (Lipinski definition) is 1. The quantitative estimate of drug-likeness (QED) is 0.487. The summed E-state index contributed by atoms with van der Waals surface area (Å²) >= 11 is 0. The van der Waals surface area contributed by atoms with Gasteiger partial charge in [-0.3, -0.25) is 19.8 Å². The first kappa shape index (κ1) is 13.6. The Morgan fingerprint density at radius 2 is 2.32 bits per heavy atom. The second-order valence-electron chi connectivity index (χ2n) is 4.86. The Morgan fingerprint density at radius 1 is 1.53 bits per heavy atom. The molecule has 1 fully saturated rings. The van der Waals surface area contributed by atoms with Crippen molar-refractivity contribution in [3.05, 3.63) is 39.9 Å². The SMILES string of the molecule is NCC1CCN(CC(=O)c2cccc([N+](=O)[O-])c2)C1. The number of carbonyl (C=O) groups excluding carboxylic acids is 1. The number of nitrogens with zero attached hydrogens (tertiary/aromatic N) is 2. The fourth-order valence-corrected chi connectivity index (χ4v) is 2.34. The molecule has 2 rings (SSSR count). The van der Waals surface area contributed by atoms with Crippen molar-refractivity contribution in [1.29, 1.82) is 0 Å². The molecule has 2 N–H and O–H groups in total. The largest absolute Gasteiger partial charge is 0.330 e. The van der Waals surface area contributed by atoms with Crippen molar-refractivity contribution in [2.45, 2.75) is 6.42 Å². The van der Waals surface area contributed by atoms with Crippen LogP contribution in [-0.4, -0.2) is 41.8 Å². The summed E-state index contributed by atoms with van der Waals surface area (Å²) in [6, 6.07) is 5.87. The smallest absolute Gasteiger partial charge is 0.270 e. The molecule has 1 saturated heterocycles. The Hall–Kier alpha value is -1.79. The lowest BCUT2D eigenvalue weighted by Crippen LogP contribution is -2.29. The van der Waals surface area contributed by atoms with Gasteiger partial charge in [0.05, 0.1) is 11.5 Å². The second-order valence-corrected chi connectivity index (χ2v) is 4.86. The van der Waals surface area contributed by atoms with Gasteiger partial charge < -0.3 is 5.73 Å². The molecule has 0 saturated carbocycles. The number of Topliss-reactive ketones (excluding diaryl/α,β-unsaturated/α-hetero) is 1. The molecule has 1 heterocycles. The molecule has 19 heavy (non-hydrogen) atoms. The van der Waals surface area contributed by atoms with Crippen molar-refractivity contribution in [2.75, 3.05) is 26.2 Å². The first-order chi connectivity index (χ1) is 9.10. The van der Waals surface area contributed by atoms with Crippen LogP contribution in [0.3, 0.4) is 0 Å². The van der Waals surface area contributed by atoms with E-state index < -0.39 is 4.92 Å². The summed E-state index contributed by atoms with van der Waals surface area (Å²) in [6.07, 6.45) is 1.01. The number of ketones is 1. The predicted octanol–water partition coefficient (Wildman–Crippen LogP) is 1.06. The molecule has 6 nitrogen and oxygen atoms in total. The van der Waals surface area contributed by atoms with Gasteiger partial charge >= 0.3 is 0 Å². The second kappa shape index (κ2) is 5.90. The third-order valence-corrected chi connectivity index (χ3v) is 3.45. The molecule has 1 aromatic rings. The normalized spacial score (nSPS) is 19.5. The van der Waals surface area contributed by atoms with Gasteiger partial charge in [0.2, 0.25) is 0 Å². The van der Waals surface area contributed by atoms with Gasteiger partial charge in [0, 0.05) is 24.2 Å². The summed E-state index contributed by atoms with van der Waals surface area (Å²) in [5.74, 6) is 0.374. The van der Waals surface area contributed by atoms with E-state index in [-0.39, 0.29) is 11.5 Å². The Labute approximate surface area is 111 Å². The third-order valence-electron chi connectivity index (χ3n) is 3.45. The molecule has 1 aliphatic rings. The zero-order chi connectivity index (χ0) is 13.8. The fraction of sp³-hybridized carbons (Fsp3) is 0.462. The van der Waals surface area contributed by atoms with Crippen LogP contribution in [0.4, 0.5) is 5.69 Å². The van der Waals surface area contributed by atoms with Crippen LogP contribution in [0, 0.1) is 16.0 Å². The van der Waals surface area contributed by atoms with Crippen LogP contribution < -0.4 is 5.73 Å². The summed E-state index contributed by atoms with van der Waals surface area (Å²) in [5, 5.41) is 10.7. The molecule has 0 radical (unpaired) electrons. The van der Waals surface area contributed by atoms with Crippen LogP contribution in [0.15, 0.2) is 24.3 Å². The highest BCUT2D eigenvalue weighted by molar-refractivity contribution is 5.98. The zero-order valence-corrected chi connectivity index (χ0v) is 10.6. The lowest BCUT2D eigenvalue weighted by molar-refractivity contribution is -0.384. The molecule has 0 amide bonds. The maximum atomic E-state index is 12.1. The van der Waals surface area contributed by atoms with E-state index in [1.165, 1.54) is 18.2 Å². The van der Waals surface area contributed by atoms with Crippen molar-refractivity contribution in [3.8, 4) is 0 Å². The molecule has 0 bridgehead atoms. The van der Waals surface area contributed by atoms with Crippen LogP contribution >= 0.6 is 0 Å². The summed E-state index contributed by atoms with van der Waals surface area (Å²) in [4.78, 5) is 24.3. The van der Waals surface area contributed by atoms with Gasteiger partial charge in [-0.1, -0.05) is 12.1 Å². The Balaban J connectivity index is 2.00. The van der Waals surface area contributed by atoms with Gasteiger partial charge in [-0.2, -0.15) is 0 Å². The molecule has 1 aromatic carbocycles. The van der Waals surface area contributed by atoms with Crippen LogP contribution in [0.5, 0.6) is 0 Å². The van der Waals surface area contributed by atoms with Crippen LogP contribution in [-0.2, 0) is 0 Å². The number of carbonyl (C=O) groups is 1. The highest BCUT2D eigenvalue weighted by Crippen LogP contribution is 2.17. The zero-order valence-electron chi connectivity index (χ0n) is 10.6. The first-order valence-electron chi connectivity index (χ1n) is 6.30. The fourth-order valence-electron chi connectivity index (χ4n) is 2.34. The average Bonchev–Trinajstić information content (AvgIpc) is 2.86. The predicted molar refractivity (Wildman–Crippen MR) is 71.0 cm³/mol. The minimum atomic E-state index is -0.489. The van der Waals surface area contributed by atoms with Crippen LogP contribution in [0.25, 0.3) is 0 Å². The van der Waals surface area contributed by atoms with Gasteiger partial charge in [0.1, 0.15) is 0 Å². The van der Waals surface area contributed by atoms with Gasteiger partial charge in [-0.25, -0.2) is 0 Å². The molecule has 102 valence electrons. The number of likely N-dealkylation sites (tertiary alicyclic amines) is 1. The molecular weight excluding hydrogens is 246 g/mol. The van der Waals surface area contributed by atoms with Gasteiger partial charge in [0.15, 0.2) is 5.78 Å². The van der Waals surface area contributed by atoms with E-state index >= 15 is 0 Å². The molecule has 0 spiro atoms. The van der Waals surface area contributed by atoms with E-state index in [2.05, 4.69) is 4.90 Å². The molecule has 1 unspecified atom stereocenters. The van der Waals surface area contributed by atoms with E-state index in [1.54, 1.807) is 6.07 Å². The number of nitrogens with two attached hydrogens (primary N) is 1. The minimum Gasteiger partial charge on any atom is -0.330 e. The van der Waals surface area contributed by atoms with Gasteiger partial charge in [-0.05, 0) is 25.4 Å². The highest BCUT2D eigenvalue weighted by Gasteiger charge is 2.23. The van der Waals surface area contributed by atoms with E-state index in [4.69, 9.17) is 5.73 Å². The van der Waals surface area contributed by atoms with Crippen molar-refractivity contribution >= 4 is 11.5 Å². The number of benzene rings is 1. The van der Waals surface area contributed by atoms with Gasteiger partial charge in [0.25, 0.3) is 5.69 Å². The van der Waals surface area contributed by atoms with E-state index in [0.717, 1.165) is 19.5 Å². The number of rotatable bonds is 5. The molecular formula is C13H17N3O3. The number of non-ortho nitro benzene ring substituents is 1. The Morgan fingerprint density at radius 3 is 2.95 bits per heavy atom. The number of hydrogen-bond acceptors (Lipinski definition) is 5. The Kier molecular flexibility index (Phi) is 4.24. The summed E-state index contributed by atoms with van der Waals surface area (Å²) in [6.45, 7) is 2.64. The van der Waals surface area contributed by atoms with Crippen molar-refractivity contribution < 1.29 is 9.72 Å². The minimum absolute atomic E-state index is 0.0490. The molecule has 0 aliphatic carbocycles. The molecule has 1 aliphatic heterocycles. The molecule has 0 aromatic heterocycles. The van der Waals surface area contributed by atoms with Crippen molar-refractivity contribution in [1.82, 2.24) is 4.90 Å². The first-order valence-corrected chi connectivity index (χ1v) is 6.30. The van der Waals surface area contributed by atoms with Crippen molar-refractivity contribution in [2.24, 2.45) is 11.7 Å². The van der Waals surface area contributed by atoms with E-state index in [0.29, 0.717) is 24.6 Å². The van der Waals surface area contributed by atoms with Gasteiger partial charge in [-0.15, -0.1) is 0 Å².